The number of fused-ring (bicyclic) bond motifs is 1. The van der Waals surface area contributed by atoms with E-state index in [2.05, 4.69) is 74.3 Å². The summed E-state index contributed by atoms with van der Waals surface area (Å²) >= 11 is -0.727. The number of anilines is 2. The van der Waals surface area contributed by atoms with Gasteiger partial charge in [0.25, 0.3) is 0 Å². The van der Waals surface area contributed by atoms with E-state index in [0.29, 0.717) is 0 Å². The van der Waals surface area contributed by atoms with Crippen molar-refractivity contribution in [1.29, 1.82) is 0 Å². The molecule has 2 aliphatic rings. The number of hydrogen-bond acceptors (Lipinski definition) is 2. The van der Waals surface area contributed by atoms with Crippen LogP contribution >= 0.6 is 0 Å². The van der Waals surface area contributed by atoms with Crippen LogP contribution in [0.3, 0.4) is 0 Å². The zero-order chi connectivity index (χ0) is 15.6. The van der Waals surface area contributed by atoms with Crippen LogP contribution in [0.5, 0.6) is 0 Å². The number of nitrogens with one attached hydrogen (secondary N) is 1. The van der Waals surface area contributed by atoms with E-state index in [-0.39, 0.29) is 0 Å². The van der Waals surface area contributed by atoms with E-state index < -0.39 is 41.4 Å². The van der Waals surface area contributed by atoms with Gasteiger partial charge in [0.15, 0.2) is 0 Å². The van der Waals surface area contributed by atoms with Gasteiger partial charge in [-0.3, -0.25) is 0 Å². The summed E-state index contributed by atoms with van der Waals surface area (Å²) in [7, 11) is 0. The molecular weight excluding hydrogens is 356 g/mol. The van der Waals surface area contributed by atoms with Crippen LogP contribution in [0.25, 0.3) is 11.6 Å². The van der Waals surface area contributed by atoms with E-state index in [1.165, 1.54) is 33.8 Å². The van der Waals surface area contributed by atoms with Gasteiger partial charge in [-0.05, 0) is 0 Å². The van der Waals surface area contributed by atoms with Crippen molar-refractivity contribution in [1.82, 2.24) is 5.32 Å². The van der Waals surface area contributed by atoms with Crippen LogP contribution in [-0.2, 0) is 0 Å². The summed E-state index contributed by atoms with van der Waals surface area (Å²) in [6.07, 6.45) is 8.80. The fourth-order valence-corrected chi connectivity index (χ4v) is 5.88. The molecule has 0 spiro atoms. The van der Waals surface area contributed by atoms with Gasteiger partial charge in [-0.1, -0.05) is 0 Å². The van der Waals surface area contributed by atoms with Gasteiger partial charge in [-0.15, -0.1) is 0 Å². The minimum atomic E-state index is -0.727. The zero-order valence-electron chi connectivity index (χ0n) is 13.3. The maximum absolute atomic E-state index is 3.51. The maximum atomic E-state index is 3.51. The first kappa shape index (κ1) is 15.3. The molecule has 0 saturated heterocycles. The van der Waals surface area contributed by atoms with Crippen LogP contribution in [0.1, 0.15) is 11.1 Å². The first-order valence-electron chi connectivity index (χ1n) is 8.16. The summed E-state index contributed by atoms with van der Waals surface area (Å²) in [5.41, 5.74) is 7.93. The van der Waals surface area contributed by atoms with E-state index >= 15 is 0 Å². The van der Waals surface area contributed by atoms with Crippen LogP contribution in [0.4, 0.5) is 11.4 Å². The fourth-order valence-electron chi connectivity index (χ4n) is 3.10. The summed E-state index contributed by atoms with van der Waals surface area (Å²) in [5.74, 6) is 0. The Bertz CT molecular complexity index is 819. The monoisotopic (exact) mass is 374 g/mol. The van der Waals surface area contributed by atoms with Crippen molar-refractivity contribution in [3.63, 3.8) is 0 Å². The van der Waals surface area contributed by atoms with Crippen molar-refractivity contribution < 1.29 is 0 Å². The molecule has 2 heterocycles. The van der Waals surface area contributed by atoms with E-state index in [9.17, 15) is 0 Å². The third-order valence-corrected chi connectivity index (χ3v) is 7.59. The predicted molar refractivity (Wildman–Crippen MR) is 99.7 cm³/mol. The minimum absolute atomic E-state index is 0.727. The Balaban J connectivity index is 1.67. The third kappa shape index (κ3) is 3.20. The molecule has 0 aromatic heterocycles. The second-order valence-corrected chi connectivity index (χ2v) is 8.91. The molecule has 110 valence electrons. The summed E-state index contributed by atoms with van der Waals surface area (Å²) in [6, 6.07) is 17.3. The molecule has 23 heavy (non-hydrogen) atoms. The van der Waals surface area contributed by atoms with Gasteiger partial charge in [0, 0.05) is 0 Å². The molecule has 0 atom stereocenters. The second-order valence-electron chi connectivity index (χ2n) is 5.80. The Morgan fingerprint density at radius 1 is 1.04 bits per heavy atom. The Morgan fingerprint density at radius 3 is 2.74 bits per heavy atom. The van der Waals surface area contributed by atoms with Gasteiger partial charge >= 0.3 is 162 Å². The molecule has 2 nitrogen and oxygen atoms in total. The average molecular weight is 374 g/mol. The van der Waals surface area contributed by atoms with E-state index in [0.717, 1.165) is 6.54 Å². The van der Waals surface area contributed by atoms with Gasteiger partial charge in [0.2, 0.25) is 0 Å². The molecule has 3 heteroatoms. The van der Waals surface area contributed by atoms with Crippen molar-refractivity contribution >= 4 is 64.5 Å². The molecule has 4 rings (SSSR count). The first-order valence-corrected chi connectivity index (χ1v) is 13.2. The Labute approximate surface area is 160 Å². The molecule has 0 aliphatic carbocycles. The topological polar surface area (TPSA) is 15.0 Å². The van der Waals surface area contributed by atoms with Crippen LogP contribution < -0.4 is 5.68 Å². The first-order chi connectivity index (χ1) is 11.4. The molecule has 2 aliphatic heterocycles. The number of rotatable bonds is 4. The third-order valence-electron chi connectivity index (χ3n) is 4.36. The van der Waals surface area contributed by atoms with Crippen molar-refractivity contribution in [2.45, 2.75) is 1.89 Å². The normalized spacial score (nSPS) is 15.4. The Hall–Kier alpha value is -1.26. The molecule has 0 fully saturated rings. The van der Waals surface area contributed by atoms with E-state index in [4.69, 9.17) is 0 Å². The van der Waals surface area contributed by atoms with Gasteiger partial charge < -0.3 is 0 Å². The van der Waals surface area contributed by atoms with Crippen LogP contribution in [0, 0.1) is 0 Å². The van der Waals surface area contributed by atoms with Gasteiger partial charge in [0.05, 0.1) is 0 Å². The van der Waals surface area contributed by atoms with Gasteiger partial charge in [0.1, 0.15) is 0 Å². The number of allylic oxidation sites excluding steroid dienone is 3. The zero-order valence-corrected chi connectivity index (χ0v) is 16.8. The van der Waals surface area contributed by atoms with Crippen LogP contribution in [0.15, 0.2) is 72.5 Å². The molecule has 2 aromatic carbocycles. The summed E-state index contributed by atoms with van der Waals surface area (Å²) < 4.78 is 4.95. The van der Waals surface area contributed by atoms with Gasteiger partial charge in [-0.25, -0.2) is 0 Å². The Kier molecular flexibility index (Phi) is 4.45. The second kappa shape index (κ2) is 6.70. The van der Waals surface area contributed by atoms with E-state index in [1.54, 1.807) is 0 Å². The number of benzene rings is 2. The van der Waals surface area contributed by atoms with Gasteiger partial charge in [-0.2, -0.15) is 0 Å². The quantitative estimate of drug-likeness (QED) is 0.631. The SMILES string of the molecule is [CH3][Sr][N]1c2ccc(C3=C(/C=C/c4ccccc4)NCC=C3)cc21. The van der Waals surface area contributed by atoms with Crippen molar-refractivity contribution in [2.24, 2.45) is 0 Å². The predicted octanol–water partition coefficient (Wildman–Crippen LogP) is 4.39. The fraction of sp³-hybridized carbons (Fsp3) is 0.100. The Morgan fingerprint density at radius 2 is 1.91 bits per heavy atom. The number of nitrogens with zero attached hydrogens (tertiary/aromatic N) is 1. The van der Waals surface area contributed by atoms with E-state index in [1.807, 2.05) is 6.07 Å². The number of dihydropyridines is 1. The van der Waals surface area contributed by atoms with Crippen LogP contribution in [0.2, 0.25) is 1.89 Å². The molecule has 0 radical (unpaired) electrons. The van der Waals surface area contributed by atoms with Crippen LogP contribution in [-0.4, -0.2) is 48.0 Å². The standard InChI is InChI=1S/C19H15N2.CH3.Sr/c1-2-5-14(6-3-1)8-10-17-16(7-4-12-20-17)15-9-11-18-19(13-15)21-18;;/h1-11,13,20H,12H2;1H3;/q-1;;+1/b10-8+;;. The molecule has 0 saturated carbocycles. The number of hydrogen-bond donors (Lipinski definition) is 1. The molecule has 0 unspecified atom stereocenters. The summed E-state index contributed by atoms with van der Waals surface area (Å²) in [4.78, 5) is 0. The molecule has 1 N–H and O–H groups in total. The average Bonchev–Trinajstić information content (AvgIpc) is 3.33. The van der Waals surface area contributed by atoms with Crippen molar-refractivity contribution in [2.75, 3.05) is 6.91 Å². The van der Waals surface area contributed by atoms with Crippen molar-refractivity contribution in [3.05, 3.63) is 83.6 Å². The molecule has 2 aromatic rings. The molecule has 0 amide bonds. The summed E-state index contributed by atoms with van der Waals surface area (Å²) in [5, 5.41) is 3.51. The molecule has 0 bridgehead atoms. The van der Waals surface area contributed by atoms with Crippen molar-refractivity contribution in [3.8, 4) is 0 Å². The summed E-state index contributed by atoms with van der Waals surface area (Å²) in [6.45, 7) is 0.889. The molecular formula is C20H18N2Sr.